The number of para-hydroxylation sites is 2. The van der Waals surface area contributed by atoms with Crippen LogP contribution in [-0.4, -0.2) is 9.55 Å². The Morgan fingerprint density at radius 1 is 0.962 bits per heavy atom. The van der Waals surface area contributed by atoms with Gasteiger partial charge in [-0.25, -0.2) is 4.98 Å². The van der Waals surface area contributed by atoms with Crippen molar-refractivity contribution >= 4 is 28.2 Å². The van der Waals surface area contributed by atoms with Crippen molar-refractivity contribution in [1.82, 2.24) is 9.55 Å². The van der Waals surface area contributed by atoms with Crippen LogP contribution in [0.1, 0.15) is 5.69 Å². The standard InChI is InChI=1S/C21H18N4O/c1-14-12-17-20(21(22)23-14)18(26)13-19(24-15-8-4-2-5-9-15)25(17)16-10-6-3-7-11-16/h2-13,24H,1H3,(H2,22,23). The van der Waals surface area contributed by atoms with Crippen LogP contribution >= 0.6 is 0 Å². The number of nitrogens with one attached hydrogen (secondary N) is 1. The van der Waals surface area contributed by atoms with Gasteiger partial charge in [0.05, 0.1) is 10.9 Å². The molecule has 2 aromatic heterocycles. The zero-order valence-electron chi connectivity index (χ0n) is 14.3. The van der Waals surface area contributed by atoms with Crippen LogP contribution in [0.3, 0.4) is 0 Å². The van der Waals surface area contributed by atoms with Crippen LogP contribution in [-0.2, 0) is 0 Å². The molecule has 0 radical (unpaired) electrons. The molecule has 0 saturated heterocycles. The Morgan fingerprint density at radius 3 is 2.31 bits per heavy atom. The van der Waals surface area contributed by atoms with E-state index in [1.807, 2.05) is 78.2 Å². The van der Waals surface area contributed by atoms with Gasteiger partial charge in [0, 0.05) is 23.1 Å². The Hall–Kier alpha value is -3.60. The van der Waals surface area contributed by atoms with E-state index in [0.29, 0.717) is 11.2 Å². The van der Waals surface area contributed by atoms with Gasteiger partial charge in [-0.05, 0) is 37.3 Å². The van der Waals surface area contributed by atoms with E-state index in [0.717, 1.165) is 22.6 Å². The molecule has 0 saturated carbocycles. The monoisotopic (exact) mass is 342 g/mol. The van der Waals surface area contributed by atoms with Gasteiger partial charge in [0.25, 0.3) is 0 Å². The van der Waals surface area contributed by atoms with E-state index in [1.54, 1.807) is 6.07 Å². The number of nitrogen functional groups attached to an aromatic ring is 1. The molecule has 3 N–H and O–H groups in total. The number of pyridine rings is 2. The first-order valence-electron chi connectivity index (χ1n) is 8.34. The lowest BCUT2D eigenvalue weighted by Crippen LogP contribution is -2.15. The topological polar surface area (TPSA) is 72.9 Å². The smallest absolute Gasteiger partial charge is 0.195 e. The molecule has 2 heterocycles. The molecule has 0 aliphatic carbocycles. The molecule has 4 rings (SSSR count). The van der Waals surface area contributed by atoms with Gasteiger partial charge in [-0.15, -0.1) is 0 Å². The second-order valence-electron chi connectivity index (χ2n) is 6.10. The van der Waals surface area contributed by atoms with Crippen molar-refractivity contribution in [2.24, 2.45) is 0 Å². The maximum absolute atomic E-state index is 12.7. The lowest BCUT2D eigenvalue weighted by atomic mass is 10.2. The summed E-state index contributed by atoms with van der Waals surface area (Å²) < 4.78 is 1.99. The average Bonchev–Trinajstić information content (AvgIpc) is 2.62. The highest BCUT2D eigenvalue weighted by atomic mass is 16.1. The van der Waals surface area contributed by atoms with Gasteiger partial charge in [0.1, 0.15) is 11.6 Å². The Morgan fingerprint density at radius 2 is 1.62 bits per heavy atom. The van der Waals surface area contributed by atoms with E-state index in [-0.39, 0.29) is 11.2 Å². The maximum atomic E-state index is 12.7. The molecular formula is C21H18N4O. The number of nitrogens with two attached hydrogens (primary N) is 1. The Balaban J connectivity index is 2.06. The molecule has 2 aromatic carbocycles. The zero-order chi connectivity index (χ0) is 18.1. The van der Waals surface area contributed by atoms with Crippen molar-refractivity contribution in [2.75, 3.05) is 11.1 Å². The van der Waals surface area contributed by atoms with Crippen LogP contribution in [0.4, 0.5) is 17.3 Å². The first kappa shape index (κ1) is 15.9. The summed E-state index contributed by atoms with van der Waals surface area (Å²) in [5, 5.41) is 3.77. The van der Waals surface area contributed by atoms with E-state index in [2.05, 4.69) is 10.3 Å². The minimum absolute atomic E-state index is 0.157. The van der Waals surface area contributed by atoms with Crippen LogP contribution in [0.25, 0.3) is 16.6 Å². The average molecular weight is 342 g/mol. The minimum atomic E-state index is -0.157. The van der Waals surface area contributed by atoms with Gasteiger partial charge < -0.3 is 11.1 Å². The van der Waals surface area contributed by atoms with Crippen molar-refractivity contribution in [3.8, 4) is 5.69 Å². The highest BCUT2D eigenvalue weighted by Crippen LogP contribution is 2.27. The summed E-state index contributed by atoms with van der Waals surface area (Å²) in [6.45, 7) is 1.87. The van der Waals surface area contributed by atoms with Crippen molar-refractivity contribution < 1.29 is 0 Å². The SMILES string of the molecule is Cc1cc2c(c(N)n1)c(=O)cc(Nc1ccccc1)n2-c1ccccc1. The minimum Gasteiger partial charge on any atom is -0.383 e. The predicted molar refractivity (Wildman–Crippen MR) is 106 cm³/mol. The fourth-order valence-corrected chi connectivity index (χ4v) is 3.12. The van der Waals surface area contributed by atoms with Crippen LogP contribution in [0.15, 0.2) is 77.6 Å². The van der Waals surface area contributed by atoms with E-state index < -0.39 is 0 Å². The summed E-state index contributed by atoms with van der Waals surface area (Å²) in [6.07, 6.45) is 0. The number of hydrogen-bond donors (Lipinski definition) is 2. The third-order valence-corrected chi connectivity index (χ3v) is 4.21. The number of anilines is 3. The molecule has 0 atom stereocenters. The summed E-state index contributed by atoms with van der Waals surface area (Å²) in [5.74, 6) is 0.922. The number of aryl methyl sites for hydroxylation is 1. The summed E-state index contributed by atoms with van der Waals surface area (Å²) in [7, 11) is 0. The summed E-state index contributed by atoms with van der Waals surface area (Å²) >= 11 is 0. The highest BCUT2D eigenvalue weighted by molar-refractivity contribution is 5.91. The molecular weight excluding hydrogens is 324 g/mol. The fraction of sp³-hybridized carbons (Fsp3) is 0.0476. The normalized spacial score (nSPS) is 10.8. The molecule has 26 heavy (non-hydrogen) atoms. The number of benzene rings is 2. The molecule has 5 nitrogen and oxygen atoms in total. The lowest BCUT2D eigenvalue weighted by Gasteiger charge is -2.19. The molecule has 0 aliphatic rings. The zero-order valence-corrected chi connectivity index (χ0v) is 14.3. The van der Waals surface area contributed by atoms with E-state index >= 15 is 0 Å². The number of fused-ring (bicyclic) bond motifs is 1. The van der Waals surface area contributed by atoms with E-state index in [9.17, 15) is 4.79 Å². The maximum Gasteiger partial charge on any atom is 0.195 e. The van der Waals surface area contributed by atoms with Crippen molar-refractivity contribution in [2.45, 2.75) is 6.92 Å². The second kappa shape index (κ2) is 6.37. The van der Waals surface area contributed by atoms with Crippen LogP contribution in [0.5, 0.6) is 0 Å². The fourth-order valence-electron chi connectivity index (χ4n) is 3.12. The van der Waals surface area contributed by atoms with Crippen LogP contribution in [0.2, 0.25) is 0 Å². The van der Waals surface area contributed by atoms with Gasteiger partial charge in [-0.2, -0.15) is 0 Å². The van der Waals surface area contributed by atoms with Crippen molar-refractivity contribution in [3.63, 3.8) is 0 Å². The first-order valence-corrected chi connectivity index (χ1v) is 8.34. The summed E-state index contributed by atoms with van der Waals surface area (Å²) in [6, 6.07) is 23.1. The number of nitrogens with zero attached hydrogens (tertiary/aromatic N) is 2. The molecule has 0 unspecified atom stereocenters. The third kappa shape index (κ3) is 2.80. The first-order chi connectivity index (χ1) is 12.6. The third-order valence-electron chi connectivity index (χ3n) is 4.21. The molecule has 128 valence electrons. The molecule has 5 heteroatoms. The number of rotatable bonds is 3. The summed E-state index contributed by atoms with van der Waals surface area (Å²) in [4.78, 5) is 17.0. The van der Waals surface area contributed by atoms with Crippen LogP contribution in [0, 0.1) is 6.92 Å². The van der Waals surface area contributed by atoms with Crippen LogP contribution < -0.4 is 16.5 Å². The van der Waals surface area contributed by atoms with Gasteiger partial charge in [-0.1, -0.05) is 36.4 Å². The quantitative estimate of drug-likeness (QED) is 0.590. The molecule has 4 aromatic rings. The van der Waals surface area contributed by atoms with Crippen molar-refractivity contribution in [3.05, 3.63) is 88.7 Å². The molecule has 0 spiro atoms. The lowest BCUT2D eigenvalue weighted by molar-refractivity contribution is 1.09. The van der Waals surface area contributed by atoms with Gasteiger partial charge in [0.15, 0.2) is 5.43 Å². The predicted octanol–water partition coefficient (Wildman–Crippen LogP) is 4.02. The molecule has 0 aliphatic heterocycles. The molecule has 0 amide bonds. The number of aromatic nitrogens is 2. The Kier molecular flexibility index (Phi) is 3.89. The highest BCUT2D eigenvalue weighted by Gasteiger charge is 2.14. The molecule has 0 fully saturated rings. The summed E-state index contributed by atoms with van der Waals surface area (Å²) in [5.41, 5.74) is 9.22. The Labute approximate surface area is 150 Å². The molecule has 0 bridgehead atoms. The van der Waals surface area contributed by atoms with Gasteiger partial charge >= 0.3 is 0 Å². The largest absolute Gasteiger partial charge is 0.383 e. The van der Waals surface area contributed by atoms with Crippen molar-refractivity contribution in [1.29, 1.82) is 0 Å². The van der Waals surface area contributed by atoms with E-state index in [4.69, 9.17) is 5.73 Å². The number of hydrogen-bond acceptors (Lipinski definition) is 4. The van der Waals surface area contributed by atoms with Gasteiger partial charge in [0.2, 0.25) is 0 Å². The van der Waals surface area contributed by atoms with Gasteiger partial charge in [-0.3, -0.25) is 9.36 Å². The second-order valence-corrected chi connectivity index (χ2v) is 6.10. The van der Waals surface area contributed by atoms with E-state index in [1.165, 1.54) is 0 Å². The Bertz CT molecular complexity index is 1140.